The van der Waals surface area contributed by atoms with Crippen LogP contribution in [-0.4, -0.2) is 32.8 Å². The molecule has 5 nitrogen and oxygen atoms in total. The van der Waals surface area contributed by atoms with Crippen LogP contribution in [0.5, 0.6) is 0 Å². The smallest absolute Gasteiger partial charge is 0.204 e. The summed E-state index contributed by atoms with van der Waals surface area (Å²) in [5.74, 6) is 0.705. The molecule has 0 radical (unpaired) electrons. The van der Waals surface area contributed by atoms with Gasteiger partial charge in [0.25, 0.3) is 0 Å². The molecule has 0 fully saturated rings. The zero-order valence-corrected chi connectivity index (χ0v) is 13.0. The number of rotatable bonds is 9. The average Bonchev–Trinajstić information content (AvgIpc) is 2.96. The first-order valence-electron chi connectivity index (χ1n) is 7.82. The van der Waals surface area contributed by atoms with Crippen molar-refractivity contribution >= 4 is 0 Å². The van der Waals surface area contributed by atoms with Crippen molar-refractivity contribution in [1.29, 1.82) is 0 Å². The maximum absolute atomic E-state index is 4.42. The third kappa shape index (κ3) is 5.63. The lowest BCUT2D eigenvalue weighted by molar-refractivity contribution is 0.470. The Kier molecular flexibility index (Phi) is 6.34. The van der Waals surface area contributed by atoms with Gasteiger partial charge in [-0.1, -0.05) is 57.0 Å². The van der Waals surface area contributed by atoms with Gasteiger partial charge in [0, 0.05) is 11.6 Å². The number of nitrogens with zero attached hydrogens (tertiary/aromatic N) is 4. The van der Waals surface area contributed by atoms with E-state index in [1.165, 1.54) is 19.3 Å². The summed E-state index contributed by atoms with van der Waals surface area (Å²) < 4.78 is 0. The highest BCUT2D eigenvalue weighted by Gasteiger charge is 2.04. The van der Waals surface area contributed by atoms with Gasteiger partial charge in [-0.25, -0.2) is 0 Å². The number of benzene rings is 1. The first-order chi connectivity index (χ1) is 10.3. The molecule has 114 valence electrons. The van der Waals surface area contributed by atoms with Crippen LogP contribution in [0.15, 0.2) is 30.3 Å². The van der Waals surface area contributed by atoms with Crippen molar-refractivity contribution in [2.24, 2.45) is 0 Å². The number of hydrogen-bond donors (Lipinski definition) is 1. The minimum atomic E-state index is 0.584. The van der Waals surface area contributed by atoms with Gasteiger partial charge in [0.1, 0.15) is 0 Å². The Morgan fingerprint density at radius 3 is 2.57 bits per heavy atom. The van der Waals surface area contributed by atoms with Crippen LogP contribution in [0, 0.1) is 0 Å². The van der Waals surface area contributed by atoms with Crippen LogP contribution in [0.3, 0.4) is 0 Å². The first kappa shape index (κ1) is 15.6. The Morgan fingerprint density at radius 2 is 1.81 bits per heavy atom. The Morgan fingerprint density at radius 1 is 1.05 bits per heavy atom. The van der Waals surface area contributed by atoms with Crippen LogP contribution >= 0.6 is 0 Å². The van der Waals surface area contributed by atoms with Crippen molar-refractivity contribution < 1.29 is 0 Å². The molecule has 0 unspecified atom stereocenters. The van der Waals surface area contributed by atoms with Crippen LogP contribution < -0.4 is 5.32 Å². The van der Waals surface area contributed by atoms with Crippen LogP contribution in [0.1, 0.15) is 39.5 Å². The average molecular weight is 287 g/mol. The minimum Gasteiger partial charge on any atom is -0.315 e. The monoisotopic (exact) mass is 287 g/mol. The van der Waals surface area contributed by atoms with Gasteiger partial charge in [0.15, 0.2) is 0 Å². The number of unbranched alkanes of at least 4 members (excludes halogenated alkanes) is 3. The van der Waals surface area contributed by atoms with Crippen molar-refractivity contribution in [2.75, 3.05) is 6.54 Å². The molecule has 2 aromatic rings. The van der Waals surface area contributed by atoms with E-state index in [2.05, 4.69) is 34.6 Å². The van der Waals surface area contributed by atoms with Crippen molar-refractivity contribution in [1.82, 2.24) is 25.5 Å². The molecule has 1 aromatic heterocycles. The molecule has 0 amide bonds. The van der Waals surface area contributed by atoms with Gasteiger partial charge in [0.2, 0.25) is 5.82 Å². The summed E-state index contributed by atoms with van der Waals surface area (Å²) in [7, 11) is 0. The third-order valence-electron chi connectivity index (χ3n) is 3.32. The van der Waals surface area contributed by atoms with Crippen molar-refractivity contribution in [3.8, 4) is 11.4 Å². The quantitative estimate of drug-likeness (QED) is 0.721. The summed E-state index contributed by atoms with van der Waals surface area (Å²) in [6.45, 7) is 6.32. The molecule has 0 aliphatic heterocycles. The van der Waals surface area contributed by atoms with E-state index < -0.39 is 0 Å². The van der Waals surface area contributed by atoms with Crippen LogP contribution in [0.25, 0.3) is 11.4 Å². The highest BCUT2D eigenvalue weighted by Crippen LogP contribution is 2.12. The van der Waals surface area contributed by atoms with E-state index in [-0.39, 0.29) is 0 Å². The molecule has 21 heavy (non-hydrogen) atoms. The van der Waals surface area contributed by atoms with Gasteiger partial charge in [-0.3, -0.25) is 0 Å². The fourth-order valence-corrected chi connectivity index (χ4v) is 2.16. The molecule has 0 saturated carbocycles. The molecule has 0 aliphatic carbocycles. The summed E-state index contributed by atoms with van der Waals surface area (Å²) >= 11 is 0. The maximum Gasteiger partial charge on any atom is 0.204 e. The number of aryl methyl sites for hydroxylation is 1. The second-order valence-corrected chi connectivity index (χ2v) is 5.60. The maximum atomic E-state index is 4.42. The Balaban J connectivity index is 1.65. The van der Waals surface area contributed by atoms with E-state index in [0.717, 1.165) is 25.1 Å². The second kappa shape index (κ2) is 8.52. The van der Waals surface area contributed by atoms with E-state index in [0.29, 0.717) is 11.9 Å². The molecule has 0 bridgehead atoms. The summed E-state index contributed by atoms with van der Waals surface area (Å²) in [5.41, 5.74) is 1.02. The van der Waals surface area contributed by atoms with E-state index in [9.17, 15) is 0 Å². The number of hydrogen-bond acceptors (Lipinski definition) is 4. The second-order valence-electron chi connectivity index (χ2n) is 5.60. The minimum absolute atomic E-state index is 0.584. The molecule has 0 spiro atoms. The van der Waals surface area contributed by atoms with Crippen molar-refractivity contribution in [2.45, 2.75) is 52.1 Å². The Labute approximate surface area is 126 Å². The van der Waals surface area contributed by atoms with Crippen LogP contribution in [-0.2, 0) is 6.54 Å². The zero-order valence-electron chi connectivity index (χ0n) is 13.0. The van der Waals surface area contributed by atoms with E-state index in [1.54, 1.807) is 4.80 Å². The molecule has 5 heteroatoms. The topological polar surface area (TPSA) is 55.6 Å². The molecule has 0 atom stereocenters. The molecule has 1 aromatic carbocycles. The fraction of sp³-hybridized carbons (Fsp3) is 0.562. The molecular weight excluding hydrogens is 262 g/mol. The molecule has 1 heterocycles. The lowest BCUT2D eigenvalue weighted by Crippen LogP contribution is -2.23. The molecule has 2 rings (SSSR count). The molecular formula is C16H25N5. The number of tetrazole rings is 1. The van der Waals surface area contributed by atoms with Crippen LogP contribution in [0.2, 0.25) is 0 Å². The summed E-state index contributed by atoms with van der Waals surface area (Å²) in [6, 6.07) is 10.6. The van der Waals surface area contributed by atoms with Gasteiger partial charge in [-0.15, -0.1) is 10.2 Å². The van der Waals surface area contributed by atoms with Gasteiger partial charge in [-0.05, 0) is 24.6 Å². The SMILES string of the molecule is CC(C)NCCCCCCn1nnc(-c2ccccc2)n1. The van der Waals surface area contributed by atoms with Crippen LogP contribution in [0.4, 0.5) is 0 Å². The predicted octanol–water partition coefficient (Wildman–Crippen LogP) is 2.90. The van der Waals surface area contributed by atoms with E-state index >= 15 is 0 Å². The highest BCUT2D eigenvalue weighted by atomic mass is 15.6. The zero-order chi connectivity index (χ0) is 14.9. The third-order valence-corrected chi connectivity index (χ3v) is 3.32. The standard InChI is InChI=1S/C16H25N5/c1-14(2)17-12-8-3-4-9-13-21-19-16(18-20-21)15-10-6-5-7-11-15/h5-7,10-11,14,17H,3-4,8-9,12-13H2,1-2H3. The van der Waals surface area contributed by atoms with E-state index in [4.69, 9.17) is 0 Å². The van der Waals surface area contributed by atoms with Gasteiger partial charge in [-0.2, -0.15) is 4.80 Å². The summed E-state index contributed by atoms with van der Waals surface area (Å²) in [6.07, 6.45) is 4.80. The van der Waals surface area contributed by atoms with Gasteiger partial charge < -0.3 is 5.32 Å². The van der Waals surface area contributed by atoms with Gasteiger partial charge in [0.05, 0.1) is 6.54 Å². The predicted molar refractivity (Wildman–Crippen MR) is 84.9 cm³/mol. The molecule has 1 N–H and O–H groups in total. The normalized spacial score (nSPS) is 11.2. The Hall–Kier alpha value is -1.75. The first-order valence-corrected chi connectivity index (χ1v) is 7.82. The molecule has 0 aliphatic rings. The van der Waals surface area contributed by atoms with Crippen molar-refractivity contribution in [3.05, 3.63) is 30.3 Å². The van der Waals surface area contributed by atoms with Crippen molar-refractivity contribution in [3.63, 3.8) is 0 Å². The van der Waals surface area contributed by atoms with E-state index in [1.807, 2.05) is 30.3 Å². The van der Waals surface area contributed by atoms with Gasteiger partial charge >= 0.3 is 0 Å². The fourth-order valence-electron chi connectivity index (χ4n) is 2.16. The largest absolute Gasteiger partial charge is 0.315 e. The summed E-state index contributed by atoms with van der Waals surface area (Å²) in [5, 5.41) is 16.1. The number of aromatic nitrogens is 4. The Bertz CT molecular complexity index is 506. The highest BCUT2D eigenvalue weighted by molar-refractivity contribution is 5.52. The number of nitrogens with one attached hydrogen (secondary N) is 1. The summed E-state index contributed by atoms with van der Waals surface area (Å²) in [4.78, 5) is 1.70. The molecule has 0 saturated heterocycles. The lowest BCUT2D eigenvalue weighted by atomic mass is 10.2. The lowest BCUT2D eigenvalue weighted by Gasteiger charge is -2.07.